The van der Waals surface area contributed by atoms with E-state index in [2.05, 4.69) is 0 Å². The Morgan fingerprint density at radius 3 is 1.58 bits per heavy atom. The summed E-state index contributed by atoms with van der Waals surface area (Å²) in [5, 5.41) is 19.7. The van der Waals surface area contributed by atoms with Gasteiger partial charge in [-0.2, -0.15) is 11.8 Å². The van der Waals surface area contributed by atoms with Crippen molar-refractivity contribution in [2.75, 3.05) is 11.5 Å². The molecule has 0 aromatic rings. The molecule has 0 atom stereocenters. The number of carboxylic acid groups (broad SMARTS) is 2. The molecule has 4 nitrogen and oxygen atoms in total. The minimum Gasteiger partial charge on any atom is -0.550 e. The van der Waals surface area contributed by atoms with Crippen LogP contribution < -0.4 is 10.2 Å². The van der Waals surface area contributed by atoms with E-state index in [1.165, 1.54) is 11.8 Å². The van der Waals surface area contributed by atoms with Crippen molar-refractivity contribution in [3.63, 3.8) is 0 Å². The van der Waals surface area contributed by atoms with Crippen LogP contribution in [0.4, 0.5) is 0 Å². The summed E-state index contributed by atoms with van der Waals surface area (Å²) in [5.74, 6) is -1.41. The van der Waals surface area contributed by atoms with Crippen LogP contribution in [0.1, 0.15) is 12.8 Å². The average Bonchev–Trinajstić information content (AvgIpc) is 1.85. The molecule has 0 radical (unpaired) electrons. The van der Waals surface area contributed by atoms with Crippen LogP contribution in [0.5, 0.6) is 0 Å². The maximum absolute atomic E-state index is 9.84. The van der Waals surface area contributed by atoms with Gasteiger partial charge in [-0.25, -0.2) is 0 Å². The molecule has 0 unspecified atom stereocenters. The zero-order chi connectivity index (χ0) is 8.69. The summed E-state index contributed by atoms with van der Waals surface area (Å²) in [4.78, 5) is 19.7. The summed E-state index contributed by atoms with van der Waals surface area (Å²) in [5.41, 5.74) is 0. The molecule has 0 amide bonds. The first-order valence-electron chi connectivity index (χ1n) is 3.10. The van der Waals surface area contributed by atoms with Crippen molar-refractivity contribution < 1.29 is 39.3 Å². The molecule has 0 N–H and O–H groups in total. The number of hydrogen-bond acceptors (Lipinski definition) is 5. The van der Waals surface area contributed by atoms with Gasteiger partial charge in [-0.3, -0.25) is 0 Å². The van der Waals surface area contributed by atoms with E-state index in [-0.39, 0.29) is 32.3 Å². The van der Waals surface area contributed by atoms with E-state index in [4.69, 9.17) is 0 Å². The third-order valence-corrected chi connectivity index (χ3v) is 1.89. The second-order valence-electron chi connectivity index (χ2n) is 1.86. The summed E-state index contributed by atoms with van der Waals surface area (Å²) in [6.45, 7) is 0. The van der Waals surface area contributed by atoms with Crippen molar-refractivity contribution in [2.24, 2.45) is 0 Å². The van der Waals surface area contributed by atoms with Crippen molar-refractivity contribution in [1.82, 2.24) is 0 Å². The average molecular weight is 242 g/mol. The minimum absolute atomic E-state index is 0. The predicted molar refractivity (Wildman–Crippen MR) is 36.6 cm³/mol. The van der Waals surface area contributed by atoms with Crippen LogP contribution in [-0.4, -0.2) is 23.4 Å². The SMILES string of the molecule is O=C([O-])CCSCCC(=O)[O-].[Zn+2]. The Morgan fingerprint density at radius 2 is 1.33 bits per heavy atom. The van der Waals surface area contributed by atoms with Crippen molar-refractivity contribution in [3.05, 3.63) is 0 Å². The summed E-state index contributed by atoms with van der Waals surface area (Å²) >= 11 is 1.27. The maximum atomic E-state index is 9.84. The Hall–Kier alpha value is -0.0866. The molecular formula is C6H8O4SZn. The normalized spacial score (nSPS) is 8.67. The Balaban J connectivity index is 0. The number of carbonyl (C=O) groups excluding carboxylic acids is 2. The molecule has 0 aromatic heterocycles. The van der Waals surface area contributed by atoms with Gasteiger partial charge in [0.05, 0.1) is 0 Å². The zero-order valence-corrected chi connectivity index (χ0v) is 10.4. The van der Waals surface area contributed by atoms with Gasteiger partial charge < -0.3 is 19.8 Å². The van der Waals surface area contributed by atoms with Crippen molar-refractivity contribution in [3.8, 4) is 0 Å². The molecule has 0 fully saturated rings. The molecule has 0 aliphatic carbocycles. The Kier molecular flexibility index (Phi) is 10.8. The molecule has 64 valence electrons. The molecule has 12 heavy (non-hydrogen) atoms. The fourth-order valence-electron chi connectivity index (χ4n) is 0.413. The number of hydrogen-bond donors (Lipinski definition) is 0. The third-order valence-electron chi connectivity index (χ3n) is 0.901. The van der Waals surface area contributed by atoms with Gasteiger partial charge in [0.15, 0.2) is 0 Å². The van der Waals surface area contributed by atoms with E-state index in [1.807, 2.05) is 0 Å². The van der Waals surface area contributed by atoms with Crippen LogP contribution >= 0.6 is 11.8 Å². The van der Waals surface area contributed by atoms with E-state index in [1.54, 1.807) is 0 Å². The fraction of sp³-hybridized carbons (Fsp3) is 0.667. The number of rotatable bonds is 6. The first-order valence-corrected chi connectivity index (χ1v) is 4.26. The monoisotopic (exact) mass is 240 g/mol. The van der Waals surface area contributed by atoms with Crippen molar-refractivity contribution >= 4 is 23.7 Å². The largest absolute Gasteiger partial charge is 2.00 e. The van der Waals surface area contributed by atoms with Gasteiger partial charge >= 0.3 is 19.5 Å². The Labute approximate surface area is 87.5 Å². The van der Waals surface area contributed by atoms with Crippen LogP contribution in [0.25, 0.3) is 0 Å². The van der Waals surface area contributed by atoms with Crippen molar-refractivity contribution in [1.29, 1.82) is 0 Å². The quantitative estimate of drug-likeness (QED) is 0.397. The summed E-state index contributed by atoms with van der Waals surface area (Å²) < 4.78 is 0. The van der Waals surface area contributed by atoms with Gasteiger partial charge in [0.1, 0.15) is 0 Å². The standard InChI is InChI=1S/C6H10O4S.Zn/c7-5(8)1-3-11-4-2-6(9)10;/h1-4H2,(H,7,8)(H,9,10);/q;+2/p-2. The smallest absolute Gasteiger partial charge is 0.550 e. The van der Waals surface area contributed by atoms with Gasteiger partial charge in [-0.15, -0.1) is 0 Å². The van der Waals surface area contributed by atoms with Crippen molar-refractivity contribution in [2.45, 2.75) is 12.8 Å². The molecule has 0 saturated heterocycles. The molecule has 0 bridgehead atoms. The van der Waals surface area contributed by atoms with Gasteiger partial charge in [0.2, 0.25) is 0 Å². The van der Waals surface area contributed by atoms with E-state index in [0.717, 1.165) is 0 Å². The fourth-order valence-corrected chi connectivity index (χ4v) is 1.24. The van der Waals surface area contributed by atoms with E-state index >= 15 is 0 Å². The third kappa shape index (κ3) is 12.6. The Morgan fingerprint density at radius 1 is 1.00 bits per heavy atom. The topological polar surface area (TPSA) is 80.3 Å². The molecule has 0 saturated carbocycles. The molecule has 0 aliphatic rings. The second kappa shape index (κ2) is 9.01. The van der Waals surface area contributed by atoms with Gasteiger partial charge in [0, 0.05) is 11.9 Å². The van der Waals surface area contributed by atoms with Crippen LogP contribution in [0.15, 0.2) is 0 Å². The molecule has 0 spiro atoms. The number of carboxylic acids is 2. The maximum Gasteiger partial charge on any atom is 2.00 e. The first kappa shape index (κ1) is 14.4. The van der Waals surface area contributed by atoms with Crippen LogP contribution in [-0.2, 0) is 29.1 Å². The molecule has 0 rings (SSSR count). The zero-order valence-electron chi connectivity index (χ0n) is 6.58. The van der Waals surface area contributed by atoms with Crippen LogP contribution in [0, 0.1) is 0 Å². The van der Waals surface area contributed by atoms with E-state index in [0.29, 0.717) is 11.5 Å². The van der Waals surface area contributed by atoms with Gasteiger partial charge in [0.25, 0.3) is 0 Å². The van der Waals surface area contributed by atoms with Gasteiger partial charge in [-0.05, 0) is 24.3 Å². The minimum atomic E-state index is -1.11. The molecule has 0 aliphatic heterocycles. The first-order chi connectivity index (χ1) is 5.13. The van der Waals surface area contributed by atoms with E-state index < -0.39 is 11.9 Å². The molecular weight excluding hydrogens is 234 g/mol. The predicted octanol–water partition coefficient (Wildman–Crippen LogP) is -2.00. The van der Waals surface area contributed by atoms with E-state index in [9.17, 15) is 19.8 Å². The molecule has 6 heteroatoms. The Bertz CT molecular complexity index is 134. The molecule has 0 aromatic carbocycles. The summed E-state index contributed by atoms with van der Waals surface area (Å²) in [6.07, 6.45) is -0.0601. The summed E-state index contributed by atoms with van der Waals surface area (Å²) in [7, 11) is 0. The second-order valence-corrected chi connectivity index (χ2v) is 3.08. The van der Waals surface area contributed by atoms with Crippen LogP contribution in [0.2, 0.25) is 0 Å². The molecule has 0 heterocycles. The van der Waals surface area contributed by atoms with Crippen LogP contribution in [0.3, 0.4) is 0 Å². The number of thioether (sulfide) groups is 1. The number of aliphatic carboxylic acids is 2. The van der Waals surface area contributed by atoms with Gasteiger partial charge in [-0.1, -0.05) is 0 Å². The number of carbonyl (C=O) groups is 2. The summed E-state index contributed by atoms with van der Waals surface area (Å²) in [6, 6.07) is 0.